The number of H-pyrrole nitrogens is 2. The highest BCUT2D eigenvalue weighted by atomic mass is 35.5. The number of aromatic nitrogens is 15. The lowest BCUT2D eigenvalue weighted by atomic mass is 10.2. The second kappa shape index (κ2) is 48.0. The van der Waals surface area contributed by atoms with Gasteiger partial charge in [0.1, 0.15) is 35.4 Å². The molecule has 36 nitrogen and oxygen atoms in total. The maximum atomic E-state index is 13.2. The highest BCUT2D eigenvalue weighted by Gasteiger charge is 2.24. The Morgan fingerprint density at radius 2 is 0.692 bits per heavy atom. The van der Waals surface area contributed by atoms with Crippen molar-refractivity contribution in [3.8, 4) is 110 Å². The number of hydrogen-bond acceptors (Lipinski definition) is 26. The van der Waals surface area contributed by atoms with Gasteiger partial charge in [-0.15, -0.1) is 30.6 Å². The summed E-state index contributed by atoms with van der Waals surface area (Å²) in [7, 11) is 0. The van der Waals surface area contributed by atoms with Gasteiger partial charge in [0.2, 0.25) is 40.8 Å². The number of anilines is 2. The maximum absolute atomic E-state index is 13.2. The van der Waals surface area contributed by atoms with Gasteiger partial charge in [-0.2, -0.15) is 39.0 Å². The molecule has 0 radical (unpaired) electrons. The number of aromatic amines is 2. The summed E-state index contributed by atoms with van der Waals surface area (Å²) in [5.41, 5.74) is 10.9. The molecule has 0 aliphatic rings. The predicted molar refractivity (Wildman–Crippen MR) is 539 cm³/mol. The van der Waals surface area contributed by atoms with Crippen LogP contribution >= 0.6 is 116 Å². The van der Waals surface area contributed by atoms with Gasteiger partial charge in [0.05, 0.1) is 91.0 Å². The van der Waals surface area contributed by atoms with E-state index in [0.29, 0.717) is 54.3 Å². The molecule has 0 atom stereocenters. The largest absolute Gasteiger partial charge is 0.450 e. The molecule has 0 aliphatic carbocycles. The van der Waals surface area contributed by atoms with Gasteiger partial charge in [-0.1, -0.05) is 116 Å². The monoisotopic (exact) mass is 2180 g/mol. The number of alkyl carbamates (subject to hydrolysis) is 1. The van der Waals surface area contributed by atoms with Crippen LogP contribution in [0.2, 0.25) is 50.2 Å². The SMILES string of the molecule is CCOC(=O)NC(=O)C(C#N)=NNc1cc(Cl)c(Oc2ccc(=O)n(-c3ccc(F)cc3)n2)c(Cl)c1.Cc1ccc(C)n1-c1cc(Cl)c(Oc2ccc(=O)[nH]n2)c(Cl)c1.Cc1ccc(C)n1-c1cc(Cl)c(Oc2ccc(=O)n(-c3ccc(F)cc3)n2)c(Cl)c1.N#Cc1nn(-c2cc(Cl)c(Oc3ccc(=O)n(-c4ccc(F)cc4)n3)c(Cl)c2)c(=O)[nH]c1=O.Nc1cc(Cl)c(Oc2ccc(=O)n(-c3ccc(F)cc3)n2)c(Cl)c1. The number of ether oxygens (including phenoxy) is 6. The molecule has 0 saturated carbocycles. The van der Waals surface area contributed by atoms with Gasteiger partial charge in [-0.3, -0.25) is 49.3 Å². The summed E-state index contributed by atoms with van der Waals surface area (Å²) in [5.74, 6) is -1.91. The van der Waals surface area contributed by atoms with Gasteiger partial charge in [0.25, 0.3) is 39.3 Å². The van der Waals surface area contributed by atoms with E-state index in [0.717, 1.165) is 57.6 Å². The molecule has 0 bridgehead atoms. The predicted octanol–water partition coefficient (Wildman–Crippen LogP) is 20.8. The van der Waals surface area contributed by atoms with E-state index in [2.05, 4.69) is 51.0 Å². The van der Waals surface area contributed by atoms with Crippen molar-refractivity contribution in [3.05, 3.63) is 417 Å². The lowest BCUT2D eigenvalue weighted by molar-refractivity contribution is -0.114. The molecule has 6 N–H and O–H groups in total. The third-order valence-electron chi connectivity index (χ3n) is 19.4. The van der Waals surface area contributed by atoms with Crippen molar-refractivity contribution in [1.82, 2.24) is 78.5 Å². The number of carbonyl (C=O) groups excluding carboxylic acids is 2. The van der Waals surface area contributed by atoms with Gasteiger partial charge in [-0.05, 0) is 217 Å². The number of rotatable bonds is 21. The molecular formula is C96H63Cl10F4N21O15. The maximum Gasteiger partial charge on any atom is 0.414 e. The highest BCUT2D eigenvalue weighted by Crippen LogP contribution is 2.44. The van der Waals surface area contributed by atoms with Crippen molar-refractivity contribution < 1.29 is 55.6 Å². The first-order valence-electron chi connectivity index (χ1n) is 41.5. The fraction of sp³-hybridized carbons (Fsp3) is 0.0625. The number of nitrogens with zero attached hydrogens (tertiary/aromatic N) is 16. The van der Waals surface area contributed by atoms with Crippen LogP contribution in [-0.4, -0.2) is 97.5 Å². The third-order valence-corrected chi connectivity index (χ3v) is 22.2. The summed E-state index contributed by atoms with van der Waals surface area (Å²) in [6, 6.07) is 60.4. The molecule has 0 fully saturated rings. The summed E-state index contributed by atoms with van der Waals surface area (Å²) >= 11 is 62.7. The third kappa shape index (κ3) is 26.8. The topological polar surface area (TPSA) is 462 Å². The van der Waals surface area contributed by atoms with E-state index in [1.165, 1.54) is 200 Å². The standard InChI is InChI=1S/C22H15Cl2FN6O5.C22H16Cl2FN3O2.C20H9Cl2FN6O4.C16H10Cl2FN3O2.C16H13Cl2N3O2/c1-2-35-22(34)27-21(33)17(11-26)29-28-13-9-15(23)20(16(24)10-13)36-18-7-8-19(32)31(30-18)14-5-3-12(25)4-6-14;1-13-3-4-14(2)27(13)17-11-18(23)22(19(24)12-17)30-20-9-10-21(29)28(26-20)16-7-5-15(25)6-8-16;21-13-7-12(29-20(32)25-19(31)15(9-24)26-29)8-14(22)18(13)33-16-5-6-17(30)28(27-16)11-3-1-10(23)2-4-11;17-12-7-10(20)8-13(18)16(12)24-14-5-6-15(23)22(21-14)11-3-1-9(19)2-4-11;1-9-3-4-10(2)21(9)11-7-12(17)16(13(18)8-11)23-15-6-5-14(22)19-20-15/h3-10,28H,2H2,1H3,(H,27,33,34);3-12H,1-2H3;1-8H,(H,25,31,32);1-8H,20H2;3-8H,1-2H3,(H,19,22). The second-order valence-corrected chi connectivity index (χ2v) is 33.6. The van der Waals surface area contributed by atoms with E-state index in [4.69, 9.17) is 156 Å². The Bertz CT molecular complexity index is 8300. The van der Waals surface area contributed by atoms with E-state index in [9.17, 15) is 60.7 Å². The molecule has 17 aromatic rings. The fourth-order valence-electron chi connectivity index (χ4n) is 12.9. The first-order valence-corrected chi connectivity index (χ1v) is 45.3. The van der Waals surface area contributed by atoms with Crippen molar-refractivity contribution >= 4 is 145 Å². The molecule has 0 spiro atoms. The van der Waals surface area contributed by atoms with Crippen molar-refractivity contribution in [2.24, 2.45) is 5.10 Å². The minimum atomic E-state index is -1.08. The molecule has 146 heavy (non-hydrogen) atoms. The lowest BCUT2D eigenvalue weighted by Gasteiger charge is -2.14. The molecule has 8 aromatic heterocycles. The summed E-state index contributed by atoms with van der Waals surface area (Å²) in [4.78, 5) is 108. The number of aryl methyl sites for hydroxylation is 4. The lowest BCUT2D eigenvalue weighted by Crippen LogP contribution is -2.36. The Morgan fingerprint density at radius 1 is 0.390 bits per heavy atom. The molecule has 17 rings (SSSR count). The zero-order chi connectivity index (χ0) is 105. The van der Waals surface area contributed by atoms with Crippen LogP contribution in [0.5, 0.6) is 58.1 Å². The minimum Gasteiger partial charge on any atom is -0.450 e. The van der Waals surface area contributed by atoms with Gasteiger partial charge >= 0.3 is 11.8 Å². The molecule has 0 aliphatic heterocycles. The van der Waals surface area contributed by atoms with Gasteiger partial charge in [-0.25, -0.2) is 32.2 Å². The van der Waals surface area contributed by atoms with Gasteiger partial charge in [0, 0.05) is 101 Å². The Hall–Kier alpha value is -16.6. The number of nitrogen functional groups attached to an aromatic ring is 1. The number of carbonyl (C=O) groups is 2. The molecule has 2 amide bonds. The number of imide groups is 1. The number of nitrogens with two attached hydrogens (primary N) is 1. The molecule has 0 saturated heterocycles. The van der Waals surface area contributed by atoms with Crippen LogP contribution in [0, 0.1) is 73.6 Å². The summed E-state index contributed by atoms with van der Waals surface area (Å²) in [5, 5.41) is 51.3. The zero-order valence-electron chi connectivity index (χ0n) is 74.9. The number of halogens is 14. The van der Waals surface area contributed by atoms with Crippen LogP contribution in [0.4, 0.5) is 33.7 Å². The number of hydrogen-bond donors (Lipinski definition) is 5. The quantitative estimate of drug-likeness (QED) is 0.0193. The van der Waals surface area contributed by atoms with E-state index in [-0.39, 0.29) is 112 Å². The van der Waals surface area contributed by atoms with Crippen molar-refractivity contribution in [2.75, 3.05) is 17.8 Å². The number of amides is 2. The highest BCUT2D eigenvalue weighted by molar-refractivity contribution is 6.47. The Kier molecular flexibility index (Phi) is 35.0. The first kappa shape index (κ1) is 107. The number of hydrazone groups is 1. The summed E-state index contributed by atoms with van der Waals surface area (Å²) < 4.78 is 94.4. The van der Waals surface area contributed by atoms with Crippen LogP contribution in [0.25, 0.3) is 39.8 Å². The van der Waals surface area contributed by atoms with E-state index < -0.39 is 74.6 Å². The minimum absolute atomic E-state index is 0.00369. The fourth-order valence-corrected chi connectivity index (χ4v) is 15.7. The number of benzene rings is 9. The van der Waals surface area contributed by atoms with Crippen molar-refractivity contribution in [3.63, 3.8) is 0 Å². The van der Waals surface area contributed by atoms with Crippen LogP contribution < -0.4 is 79.2 Å². The molecule has 9 aromatic carbocycles. The molecule has 740 valence electrons. The average Bonchev–Trinajstić information content (AvgIpc) is 0.984. The van der Waals surface area contributed by atoms with E-state index in [1.807, 2.05) is 71.4 Å². The number of nitriles is 2. The van der Waals surface area contributed by atoms with Crippen LogP contribution in [0.1, 0.15) is 35.4 Å². The smallest absolute Gasteiger partial charge is 0.414 e. The molecule has 50 heteroatoms. The van der Waals surface area contributed by atoms with Crippen molar-refractivity contribution in [1.29, 1.82) is 10.5 Å². The van der Waals surface area contributed by atoms with Crippen LogP contribution in [-0.2, 0) is 9.53 Å². The average molecular weight is 2180 g/mol. The summed E-state index contributed by atoms with van der Waals surface area (Å²) in [6.45, 7) is 9.56. The second-order valence-electron chi connectivity index (χ2n) is 29.6. The van der Waals surface area contributed by atoms with Crippen molar-refractivity contribution in [2.45, 2.75) is 34.6 Å². The van der Waals surface area contributed by atoms with Crippen LogP contribution in [0.3, 0.4) is 0 Å². The Morgan fingerprint density at radius 3 is 0.993 bits per heavy atom. The Balaban J connectivity index is 0.000000154. The van der Waals surface area contributed by atoms with Crippen LogP contribution in [0.15, 0.2) is 281 Å². The van der Waals surface area contributed by atoms with E-state index in [1.54, 1.807) is 37.3 Å². The zero-order valence-corrected chi connectivity index (χ0v) is 82.5. The van der Waals surface area contributed by atoms with Gasteiger partial charge in [0.15, 0.2) is 28.7 Å². The molecule has 8 heterocycles. The number of nitrogens with one attached hydrogen (secondary N) is 4. The normalized spacial score (nSPS) is 10.8. The first-order chi connectivity index (χ1) is 69.7. The summed E-state index contributed by atoms with van der Waals surface area (Å²) in [6.07, 6.45) is -1.03. The Labute approximate surface area is 868 Å². The van der Waals surface area contributed by atoms with Gasteiger partial charge < -0.3 is 43.3 Å². The van der Waals surface area contributed by atoms with E-state index >= 15 is 0 Å². The molecule has 0 unspecified atom stereocenters. The molecular weight excluding hydrogens is 2120 g/mol.